The predicted octanol–water partition coefficient (Wildman–Crippen LogP) is 3.45. The summed E-state index contributed by atoms with van der Waals surface area (Å²) >= 11 is 7.75. The van der Waals surface area contributed by atoms with Gasteiger partial charge in [-0.05, 0) is 46.9 Å². The highest BCUT2D eigenvalue weighted by molar-refractivity contribution is 14.1. The fourth-order valence-electron chi connectivity index (χ4n) is 1.35. The zero-order valence-corrected chi connectivity index (χ0v) is 13.0. The first-order chi connectivity index (χ1) is 9.51. The van der Waals surface area contributed by atoms with Crippen LogP contribution in [0.5, 0.6) is 11.6 Å². The topological polar surface area (TPSA) is 61.3 Å². The summed E-state index contributed by atoms with van der Waals surface area (Å²) in [5, 5.41) is 7.62. The zero-order chi connectivity index (χ0) is 14.7. The minimum atomic E-state index is -0.619. The van der Waals surface area contributed by atoms with Gasteiger partial charge in [-0.1, -0.05) is 11.6 Å². The van der Waals surface area contributed by atoms with Crippen molar-refractivity contribution in [3.05, 3.63) is 44.4 Å². The summed E-state index contributed by atoms with van der Waals surface area (Å²) in [6.07, 6.45) is 0. The number of halogens is 3. The van der Waals surface area contributed by atoms with Crippen molar-refractivity contribution in [1.82, 2.24) is 10.2 Å². The number of carbonyl (C=O) groups excluding carboxylic acids is 1. The number of hydrogen-bond donors (Lipinski definition) is 0. The first-order valence-corrected chi connectivity index (χ1v) is 6.71. The van der Waals surface area contributed by atoms with Gasteiger partial charge in [0.15, 0.2) is 0 Å². The molecule has 0 amide bonds. The Balaban J connectivity index is 2.40. The monoisotopic (exact) mass is 408 g/mol. The number of methoxy groups -OCH3 is 1. The molecule has 0 aliphatic heterocycles. The van der Waals surface area contributed by atoms with Gasteiger partial charge in [0.25, 0.3) is 5.88 Å². The molecule has 0 saturated heterocycles. The van der Waals surface area contributed by atoms with E-state index in [0.717, 1.165) is 6.07 Å². The fraction of sp³-hybridized carbons (Fsp3) is 0.0833. The maximum Gasteiger partial charge on any atom is 0.343 e. The molecule has 0 saturated carbocycles. The van der Waals surface area contributed by atoms with Gasteiger partial charge < -0.3 is 9.47 Å². The van der Waals surface area contributed by atoms with Gasteiger partial charge in [0.2, 0.25) is 0 Å². The molecular weight excluding hydrogens is 401 g/mol. The lowest BCUT2D eigenvalue weighted by Crippen LogP contribution is -2.07. The van der Waals surface area contributed by atoms with Crippen LogP contribution in [0.3, 0.4) is 0 Å². The number of rotatable bonds is 3. The third-order valence-electron chi connectivity index (χ3n) is 2.24. The maximum absolute atomic E-state index is 13.0. The molecule has 1 aromatic heterocycles. The standard InChI is InChI=1S/C12H7ClFIN2O3/c1-19-12(18)7-5-10(15)16-17-11(7)20-9-3-2-6(14)4-8(9)13/h2-5H,1H3. The van der Waals surface area contributed by atoms with Crippen molar-refractivity contribution in [3.8, 4) is 11.6 Å². The Labute approximate surface area is 132 Å². The number of benzene rings is 1. The van der Waals surface area contributed by atoms with E-state index in [1.54, 1.807) is 0 Å². The molecule has 8 heteroatoms. The molecule has 0 unspecified atom stereocenters. The van der Waals surface area contributed by atoms with E-state index in [0.29, 0.717) is 3.70 Å². The molecule has 104 valence electrons. The van der Waals surface area contributed by atoms with Crippen LogP contribution in [-0.4, -0.2) is 23.3 Å². The Kier molecular flexibility index (Phi) is 4.71. The number of ether oxygens (including phenoxy) is 2. The lowest BCUT2D eigenvalue weighted by Gasteiger charge is -2.09. The maximum atomic E-state index is 13.0. The average Bonchev–Trinajstić information content (AvgIpc) is 2.42. The van der Waals surface area contributed by atoms with Crippen molar-refractivity contribution in [2.75, 3.05) is 7.11 Å². The third-order valence-corrected chi connectivity index (χ3v) is 3.06. The Morgan fingerprint density at radius 2 is 2.10 bits per heavy atom. The normalized spacial score (nSPS) is 10.2. The van der Waals surface area contributed by atoms with E-state index in [1.807, 2.05) is 22.6 Å². The number of nitrogens with zero attached hydrogens (tertiary/aromatic N) is 2. The van der Waals surface area contributed by atoms with Crippen molar-refractivity contribution in [3.63, 3.8) is 0 Å². The van der Waals surface area contributed by atoms with Crippen LogP contribution < -0.4 is 4.74 Å². The van der Waals surface area contributed by atoms with E-state index < -0.39 is 11.8 Å². The van der Waals surface area contributed by atoms with Gasteiger partial charge in [0.1, 0.15) is 20.8 Å². The van der Waals surface area contributed by atoms with Crippen LogP contribution in [0.1, 0.15) is 10.4 Å². The summed E-state index contributed by atoms with van der Waals surface area (Å²) in [6.45, 7) is 0. The Bertz CT molecular complexity index is 669. The molecule has 0 bridgehead atoms. The molecule has 1 heterocycles. The van der Waals surface area contributed by atoms with E-state index >= 15 is 0 Å². The zero-order valence-electron chi connectivity index (χ0n) is 10.1. The largest absolute Gasteiger partial charge is 0.465 e. The lowest BCUT2D eigenvalue weighted by atomic mass is 10.3. The Morgan fingerprint density at radius 1 is 1.35 bits per heavy atom. The van der Waals surface area contributed by atoms with Gasteiger partial charge in [-0.15, -0.1) is 10.2 Å². The molecule has 0 radical (unpaired) electrons. The van der Waals surface area contributed by atoms with E-state index in [9.17, 15) is 9.18 Å². The van der Waals surface area contributed by atoms with Gasteiger partial charge in [-0.3, -0.25) is 0 Å². The molecule has 1 aromatic carbocycles. The minimum Gasteiger partial charge on any atom is -0.465 e. The van der Waals surface area contributed by atoms with Crippen molar-refractivity contribution < 1.29 is 18.7 Å². The van der Waals surface area contributed by atoms with E-state index in [1.165, 1.54) is 25.3 Å². The van der Waals surface area contributed by atoms with Crippen LogP contribution in [-0.2, 0) is 4.74 Å². The highest BCUT2D eigenvalue weighted by Crippen LogP contribution is 2.30. The molecule has 2 rings (SSSR count). The molecule has 20 heavy (non-hydrogen) atoms. The summed E-state index contributed by atoms with van der Waals surface area (Å²) in [6, 6.07) is 5.07. The van der Waals surface area contributed by atoms with Gasteiger partial charge in [0, 0.05) is 0 Å². The minimum absolute atomic E-state index is 0.0566. The summed E-state index contributed by atoms with van der Waals surface area (Å²) in [4.78, 5) is 11.6. The molecule has 5 nitrogen and oxygen atoms in total. The van der Waals surface area contributed by atoms with E-state index in [4.69, 9.17) is 16.3 Å². The van der Waals surface area contributed by atoms with E-state index in [-0.39, 0.29) is 22.2 Å². The SMILES string of the molecule is COC(=O)c1cc(I)nnc1Oc1ccc(F)cc1Cl. The van der Waals surface area contributed by atoms with Gasteiger partial charge in [-0.25, -0.2) is 9.18 Å². The Hall–Kier alpha value is -1.48. The van der Waals surface area contributed by atoms with Crippen molar-refractivity contribution in [1.29, 1.82) is 0 Å². The number of esters is 1. The molecule has 0 aliphatic carbocycles. The van der Waals surface area contributed by atoms with Crippen LogP contribution >= 0.6 is 34.2 Å². The van der Waals surface area contributed by atoms with E-state index in [2.05, 4.69) is 14.9 Å². The molecular formula is C12H7ClFIN2O3. The van der Waals surface area contributed by atoms with Crippen molar-refractivity contribution >= 4 is 40.2 Å². The van der Waals surface area contributed by atoms with Gasteiger partial charge >= 0.3 is 5.97 Å². The molecule has 0 N–H and O–H groups in total. The first kappa shape index (κ1) is 14.9. The highest BCUT2D eigenvalue weighted by atomic mass is 127. The lowest BCUT2D eigenvalue weighted by molar-refractivity contribution is 0.0596. The summed E-state index contributed by atoms with van der Waals surface area (Å²) in [5.41, 5.74) is 0.104. The summed E-state index contributed by atoms with van der Waals surface area (Å²) in [7, 11) is 1.24. The van der Waals surface area contributed by atoms with Crippen LogP contribution in [0, 0.1) is 9.52 Å². The first-order valence-electron chi connectivity index (χ1n) is 5.25. The van der Waals surface area contributed by atoms with Crippen LogP contribution in [0.25, 0.3) is 0 Å². The van der Waals surface area contributed by atoms with Gasteiger partial charge in [0.05, 0.1) is 12.1 Å². The van der Waals surface area contributed by atoms with Crippen LogP contribution in [0.15, 0.2) is 24.3 Å². The molecule has 0 atom stereocenters. The highest BCUT2D eigenvalue weighted by Gasteiger charge is 2.18. The van der Waals surface area contributed by atoms with Crippen LogP contribution in [0.4, 0.5) is 4.39 Å². The number of hydrogen-bond acceptors (Lipinski definition) is 5. The summed E-state index contributed by atoms with van der Waals surface area (Å²) in [5.74, 6) is -1.02. The van der Waals surface area contributed by atoms with Crippen molar-refractivity contribution in [2.24, 2.45) is 0 Å². The second-order valence-corrected chi connectivity index (χ2v) is 5.07. The second-order valence-electron chi connectivity index (χ2n) is 3.55. The molecule has 0 aliphatic rings. The van der Waals surface area contributed by atoms with Crippen LogP contribution in [0.2, 0.25) is 5.02 Å². The quantitative estimate of drug-likeness (QED) is 0.575. The smallest absolute Gasteiger partial charge is 0.343 e. The molecule has 0 fully saturated rings. The summed E-state index contributed by atoms with van der Waals surface area (Å²) < 4.78 is 23.5. The van der Waals surface area contributed by atoms with Gasteiger partial charge in [-0.2, -0.15) is 0 Å². The number of aromatic nitrogens is 2. The molecule has 2 aromatic rings. The Morgan fingerprint density at radius 3 is 2.75 bits per heavy atom. The predicted molar refractivity (Wildman–Crippen MR) is 77.6 cm³/mol. The third kappa shape index (κ3) is 3.34. The van der Waals surface area contributed by atoms with Crippen molar-refractivity contribution in [2.45, 2.75) is 0 Å². The fourth-order valence-corrected chi connectivity index (χ4v) is 1.98. The second kappa shape index (κ2) is 6.31. The average molecular weight is 409 g/mol. The number of carbonyl (C=O) groups is 1. The molecule has 0 spiro atoms.